The Morgan fingerprint density at radius 2 is 1.86 bits per heavy atom. The van der Waals surface area contributed by atoms with Crippen molar-refractivity contribution in [1.29, 1.82) is 5.26 Å². The summed E-state index contributed by atoms with van der Waals surface area (Å²) in [6.45, 7) is 9.02. The van der Waals surface area contributed by atoms with Crippen molar-refractivity contribution in [1.82, 2.24) is 0 Å². The molecule has 2 heterocycles. The van der Waals surface area contributed by atoms with Crippen LogP contribution in [-0.4, -0.2) is 39.5 Å². The maximum absolute atomic E-state index is 8.90. The Kier molecular flexibility index (Phi) is 4.28. The number of nitrogens with one attached hydrogen (secondary N) is 2. The lowest BCUT2D eigenvalue weighted by molar-refractivity contribution is -1.02. The van der Waals surface area contributed by atoms with Gasteiger partial charge >= 0.3 is 0 Å². The number of fused-ring (bicyclic) bond motifs is 1. The van der Waals surface area contributed by atoms with Crippen LogP contribution >= 0.6 is 0 Å². The van der Waals surface area contributed by atoms with Gasteiger partial charge in [0.25, 0.3) is 0 Å². The van der Waals surface area contributed by atoms with Crippen LogP contribution in [0.1, 0.15) is 12.5 Å². The van der Waals surface area contributed by atoms with Crippen molar-refractivity contribution in [3.63, 3.8) is 0 Å². The van der Waals surface area contributed by atoms with Crippen molar-refractivity contribution in [2.45, 2.75) is 13.5 Å². The van der Waals surface area contributed by atoms with E-state index in [0.29, 0.717) is 6.79 Å². The topological polar surface area (TPSA) is 51.1 Å². The zero-order valence-corrected chi connectivity index (χ0v) is 12.5. The fraction of sp³-hybridized carbons (Fsp3) is 0.562. The molecule has 5 nitrogen and oxygen atoms in total. The van der Waals surface area contributed by atoms with E-state index in [1.807, 2.05) is 13.0 Å². The van der Waals surface area contributed by atoms with Crippen molar-refractivity contribution in [3.8, 4) is 17.6 Å². The van der Waals surface area contributed by atoms with E-state index in [1.165, 1.54) is 18.7 Å². The second-order valence-electron chi connectivity index (χ2n) is 6.10. The number of ether oxygens (including phenoxy) is 2. The summed E-state index contributed by atoms with van der Waals surface area (Å²) in [6.07, 6.45) is 0. The summed E-state index contributed by atoms with van der Waals surface area (Å²) < 4.78 is 10.8. The van der Waals surface area contributed by atoms with Crippen molar-refractivity contribution < 1.29 is 19.3 Å². The van der Waals surface area contributed by atoms with E-state index in [-0.39, 0.29) is 5.92 Å². The van der Waals surface area contributed by atoms with Gasteiger partial charge in [-0.2, -0.15) is 5.26 Å². The van der Waals surface area contributed by atoms with Gasteiger partial charge in [0.1, 0.15) is 32.7 Å². The highest BCUT2D eigenvalue weighted by Crippen LogP contribution is 2.32. The minimum absolute atomic E-state index is 0.162. The van der Waals surface area contributed by atoms with Crippen LogP contribution in [0.15, 0.2) is 18.2 Å². The predicted molar refractivity (Wildman–Crippen MR) is 77.3 cm³/mol. The number of quaternary nitrogens is 2. The molecule has 2 N–H and O–H groups in total. The SMILES string of the molecule is C[C@H](C#N)C[NH+]1CC[NH+](Cc2ccc3c(c2)OCO3)CC1. The lowest BCUT2D eigenvalue weighted by Gasteiger charge is -2.30. The van der Waals surface area contributed by atoms with Crippen molar-refractivity contribution in [2.24, 2.45) is 5.92 Å². The van der Waals surface area contributed by atoms with E-state index in [1.54, 1.807) is 9.80 Å². The quantitative estimate of drug-likeness (QED) is 0.737. The van der Waals surface area contributed by atoms with Gasteiger partial charge in [-0.25, -0.2) is 0 Å². The summed E-state index contributed by atoms with van der Waals surface area (Å²) in [5.41, 5.74) is 1.31. The third-order valence-corrected chi connectivity index (χ3v) is 4.37. The lowest BCUT2D eigenvalue weighted by Crippen LogP contribution is -3.27. The number of piperazine rings is 1. The molecule has 0 aliphatic carbocycles. The van der Waals surface area contributed by atoms with Gasteiger partial charge in [-0.1, -0.05) is 0 Å². The molecule has 0 aromatic heterocycles. The van der Waals surface area contributed by atoms with Crippen LogP contribution in [0, 0.1) is 17.2 Å². The van der Waals surface area contributed by atoms with Gasteiger partial charge in [0.2, 0.25) is 6.79 Å². The van der Waals surface area contributed by atoms with Gasteiger partial charge in [-0.05, 0) is 25.1 Å². The summed E-state index contributed by atoms with van der Waals surface area (Å²) in [4.78, 5) is 3.18. The second kappa shape index (κ2) is 6.33. The van der Waals surface area contributed by atoms with Crippen molar-refractivity contribution in [2.75, 3.05) is 39.5 Å². The number of hydrogen-bond acceptors (Lipinski definition) is 3. The first-order chi connectivity index (χ1) is 10.2. The molecule has 2 aliphatic rings. The summed E-state index contributed by atoms with van der Waals surface area (Å²) >= 11 is 0. The zero-order valence-electron chi connectivity index (χ0n) is 12.5. The van der Waals surface area contributed by atoms with Crippen molar-refractivity contribution in [3.05, 3.63) is 23.8 Å². The van der Waals surface area contributed by atoms with Crippen LogP contribution in [0.2, 0.25) is 0 Å². The largest absolute Gasteiger partial charge is 0.454 e. The molecule has 1 fully saturated rings. The molecule has 1 aromatic rings. The maximum Gasteiger partial charge on any atom is 0.231 e. The molecular weight excluding hydrogens is 266 g/mol. The predicted octanol–water partition coefficient (Wildman–Crippen LogP) is -1.14. The first-order valence-corrected chi connectivity index (χ1v) is 7.70. The number of rotatable bonds is 4. The third-order valence-electron chi connectivity index (χ3n) is 4.37. The molecule has 1 saturated heterocycles. The summed E-state index contributed by atoms with van der Waals surface area (Å²) in [7, 11) is 0. The average molecular weight is 289 g/mol. The van der Waals surface area contributed by atoms with Crippen LogP contribution in [-0.2, 0) is 6.54 Å². The van der Waals surface area contributed by atoms with Gasteiger partial charge < -0.3 is 19.3 Å². The molecule has 0 radical (unpaired) electrons. The highest BCUT2D eigenvalue weighted by molar-refractivity contribution is 5.44. The van der Waals surface area contributed by atoms with E-state index in [2.05, 4.69) is 18.2 Å². The lowest BCUT2D eigenvalue weighted by atomic mass is 10.1. The van der Waals surface area contributed by atoms with Crippen LogP contribution in [0.5, 0.6) is 11.5 Å². The van der Waals surface area contributed by atoms with Crippen LogP contribution in [0.3, 0.4) is 0 Å². The molecule has 112 valence electrons. The molecule has 0 unspecified atom stereocenters. The monoisotopic (exact) mass is 289 g/mol. The van der Waals surface area contributed by atoms with E-state index in [4.69, 9.17) is 14.7 Å². The maximum atomic E-state index is 8.90. The normalized spacial score (nSPS) is 25.3. The number of nitrogens with zero attached hydrogens (tertiary/aromatic N) is 1. The van der Waals surface area contributed by atoms with E-state index >= 15 is 0 Å². The molecule has 1 aromatic carbocycles. The molecule has 21 heavy (non-hydrogen) atoms. The summed E-state index contributed by atoms with van der Waals surface area (Å²) in [6, 6.07) is 8.58. The minimum atomic E-state index is 0.162. The second-order valence-corrected chi connectivity index (χ2v) is 6.10. The van der Waals surface area contributed by atoms with E-state index in [0.717, 1.165) is 37.7 Å². The van der Waals surface area contributed by atoms with E-state index in [9.17, 15) is 0 Å². The Balaban J connectivity index is 1.50. The smallest absolute Gasteiger partial charge is 0.231 e. The standard InChI is InChI=1S/C16H21N3O2/c1-13(9-17)10-18-4-6-19(7-5-18)11-14-2-3-15-16(8-14)21-12-20-15/h2-3,8,13H,4-7,10-12H2,1H3/p+2/t13-/m1/s1. The van der Waals surface area contributed by atoms with Crippen molar-refractivity contribution >= 4 is 0 Å². The molecule has 0 saturated carbocycles. The Hall–Kier alpha value is -1.77. The molecular formula is C16H23N3O2+2. The molecule has 3 rings (SSSR count). The fourth-order valence-electron chi connectivity index (χ4n) is 3.16. The zero-order chi connectivity index (χ0) is 14.7. The first-order valence-electron chi connectivity index (χ1n) is 7.70. The van der Waals surface area contributed by atoms with Gasteiger partial charge in [0.05, 0.1) is 18.5 Å². The number of benzene rings is 1. The van der Waals surface area contributed by atoms with Crippen LogP contribution in [0.4, 0.5) is 0 Å². The Morgan fingerprint density at radius 3 is 2.62 bits per heavy atom. The first kappa shape index (κ1) is 14.2. The van der Waals surface area contributed by atoms with Gasteiger partial charge in [0.15, 0.2) is 11.5 Å². The average Bonchev–Trinajstić information content (AvgIpc) is 2.96. The molecule has 5 heteroatoms. The molecule has 2 aliphatic heterocycles. The molecule has 0 amide bonds. The fourth-order valence-corrected chi connectivity index (χ4v) is 3.16. The van der Waals surface area contributed by atoms with E-state index < -0.39 is 0 Å². The molecule has 0 spiro atoms. The molecule has 1 atom stereocenters. The van der Waals surface area contributed by atoms with Crippen LogP contribution in [0.25, 0.3) is 0 Å². The number of hydrogen-bond donors (Lipinski definition) is 2. The number of nitriles is 1. The summed E-state index contributed by atoms with van der Waals surface area (Å²) in [5, 5.41) is 8.90. The Morgan fingerprint density at radius 1 is 1.14 bits per heavy atom. The third kappa shape index (κ3) is 3.46. The van der Waals surface area contributed by atoms with Crippen LogP contribution < -0.4 is 19.3 Å². The Labute approximate surface area is 125 Å². The highest BCUT2D eigenvalue weighted by Gasteiger charge is 2.24. The van der Waals surface area contributed by atoms with Gasteiger partial charge in [-0.3, -0.25) is 0 Å². The molecule has 0 bridgehead atoms. The highest BCUT2D eigenvalue weighted by atomic mass is 16.7. The summed E-state index contributed by atoms with van der Waals surface area (Å²) in [5.74, 6) is 1.89. The van der Waals surface area contributed by atoms with Gasteiger partial charge in [-0.15, -0.1) is 0 Å². The minimum Gasteiger partial charge on any atom is -0.454 e. The Bertz CT molecular complexity index is 533. The van der Waals surface area contributed by atoms with Gasteiger partial charge in [0, 0.05) is 5.56 Å².